The molecule has 0 radical (unpaired) electrons. The summed E-state index contributed by atoms with van der Waals surface area (Å²) in [6.07, 6.45) is 6.47. The largest absolute Gasteiger partial charge is 0.414 e. The van der Waals surface area contributed by atoms with Crippen molar-refractivity contribution >= 4 is 14.0 Å². The van der Waals surface area contributed by atoms with Crippen molar-refractivity contribution in [2.75, 3.05) is 18.8 Å². The highest BCUT2D eigenvalue weighted by Gasteiger charge is 2.40. The summed E-state index contributed by atoms with van der Waals surface area (Å²) in [5.41, 5.74) is 9.81. The predicted octanol–water partition coefficient (Wildman–Crippen LogP) is 4.61. The van der Waals surface area contributed by atoms with Crippen molar-refractivity contribution in [1.82, 2.24) is 4.90 Å². The van der Waals surface area contributed by atoms with E-state index in [1.54, 1.807) is 0 Å². The normalized spacial score (nSPS) is 23.5. The van der Waals surface area contributed by atoms with Crippen LogP contribution in [0.5, 0.6) is 0 Å². The minimum Gasteiger partial charge on any atom is -0.414 e. The number of anilines is 1. The van der Waals surface area contributed by atoms with Crippen molar-refractivity contribution in [2.24, 2.45) is 0 Å². The van der Waals surface area contributed by atoms with E-state index in [0.717, 1.165) is 5.69 Å². The summed E-state index contributed by atoms with van der Waals surface area (Å²) in [6.45, 7) is 14.1. The van der Waals surface area contributed by atoms with Gasteiger partial charge in [0.1, 0.15) is 0 Å². The average molecular weight is 361 g/mol. The highest BCUT2D eigenvalue weighted by Crippen LogP contribution is 2.38. The van der Waals surface area contributed by atoms with Crippen molar-refractivity contribution in [1.29, 1.82) is 0 Å². The van der Waals surface area contributed by atoms with E-state index >= 15 is 0 Å². The van der Waals surface area contributed by atoms with Crippen LogP contribution in [0.1, 0.15) is 51.2 Å². The topological polar surface area (TPSA) is 38.5 Å². The second-order valence-corrected chi connectivity index (χ2v) is 14.3. The number of hydrogen-bond acceptors (Lipinski definition) is 3. The van der Waals surface area contributed by atoms with E-state index in [1.165, 1.54) is 56.3 Å². The van der Waals surface area contributed by atoms with Crippen molar-refractivity contribution < 1.29 is 4.43 Å². The van der Waals surface area contributed by atoms with E-state index in [1.807, 2.05) is 0 Å². The molecular weight excluding hydrogens is 324 g/mol. The number of benzene rings is 1. The molecule has 2 aliphatic rings. The number of nitrogens with zero attached hydrogens (tertiary/aromatic N) is 1. The summed E-state index contributed by atoms with van der Waals surface area (Å²) in [6, 6.07) is 7.17. The zero-order valence-electron chi connectivity index (χ0n) is 16.8. The fraction of sp³-hybridized carbons (Fsp3) is 0.714. The molecule has 0 amide bonds. The maximum Gasteiger partial charge on any atom is 0.192 e. The molecule has 3 nitrogen and oxygen atoms in total. The van der Waals surface area contributed by atoms with Gasteiger partial charge in [-0.05, 0) is 73.5 Å². The standard InChI is InChI=1S/C21H36N2OSi/c1-21(2,3)25(4,5)24-20-10-12-23(13-11-20)19-9-7-16-14-18(22)8-6-17(16)15-19/h6,8,14,19-20H,7,9-13,15,22H2,1-5H3. The molecule has 3 rings (SSSR count). The highest BCUT2D eigenvalue weighted by molar-refractivity contribution is 6.74. The number of likely N-dealkylation sites (tertiary alicyclic amines) is 1. The Morgan fingerprint density at radius 3 is 2.40 bits per heavy atom. The molecule has 25 heavy (non-hydrogen) atoms. The van der Waals surface area contributed by atoms with Gasteiger partial charge in [-0.3, -0.25) is 4.90 Å². The Labute approximate surface area is 155 Å². The molecular formula is C21H36N2OSi. The van der Waals surface area contributed by atoms with Crippen molar-refractivity contribution in [3.8, 4) is 0 Å². The molecule has 1 aromatic rings. The summed E-state index contributed by atoms with van der Waals surface area (Å²) < 4.78 is 6.65. The van der Waals surface area contributed by atoms with Gasteiger partial charge < -0.3 is 10.2 Å². The smallest absolute Gasteiger partial charge is 0.192 e. The molecule has 1 saturated heterocycles. The van der Waals surface area contributed by atoms with Crippen LogP contribution in [0.25, 0.3) is 0 Å². The summed E-state index contributed by atoms with van der Waals surface area (Å²) in [4.78, 5) is 2.71. The molecule has 1 fully saturated rings. The lowest BCUT2D eigenvalue weighted by Gasteiger charge is -2.44. The number of aryl methyl sites for hydroxylation is 1. The number of piperidine rings is 1. The Hall–Kier alpha value is -0.843. The van der Waals surface area contributed by atoms with Crippen LogP contribution in [0.2, 0.25) is 18.1 Å². The second-order valence-electron chi connectivity index (χ2n) is 9.54. The molecule has 4 heteroatoms. The molecule has 0 saturated carbocycles. The van der Waals surface area contributed by atoms with Crippen molar-refractivity contribution in [3.05, 3.63) is 29.3 Å². The van der Waals surface area contributed by atoms with E-state index in [2.05, 4.69) is 57.0 Å². The SMILES string of the molecule is CC(C)(C)[Si](C)(C)OC1CCN(C2CCc3cc(N)ccc3C2)CC1. The number of fused-ring (bicyclic) bond motifs is 1. The minimum atomic E-state index is -1.64. The van der Waals surface area contributed by atoms with Crippen LogP contribution >= 0.6 is 0 Å². The number of rotatable bonds is 3. The van der Waals surface area contributed by atoms with Crippen LogP contribution in [-0.4, -0.2) is 38.5 Å². The first-order valence-corrected chi connectivity index (χ1v) is 12.9. The Morgan fingerprint density at radius 2 is 1.76 bits per heavy atom. The molecule has 1 atom stereocenters. The van der Waals surface area contributed by atoms with Gasteiger partial charge in [-0.15, -0.1) is 0 Å². The Morgan fingerprint density at radius 1 is 1.08 bits per heavy atom. The molecule has 1 heterocycles. The quantitative estimate of drug-likeness (QED) is 0.632. The molecule has 1 aromatic carbocycles. The maximum atomic E-state index is 6.65. The van der Waals surface area contributed by atoms with Crippen LogP contribution in [0.15, 0.2) is 18.2 Å². The molecule has 1 unspecified atom stereocenters. The van der Waals surface area contributed by atoms with Crippen LogP contribution in [0, 0.1) is 0 Å². The first-order chi connectivity index (χ1) is 11.7. The van der Waals surface area contributed by atoms with Gasteiger partial charge in [-0.2, -0.15) is 0 Å². The molecule has 1 aliphatic carbocycles. The van der Waals surface area contributed by atoms with Gasteiger partial charge >= 0.3 is 0 Å². The van der Waals surface area contributed by atoms with Gasteiger partial charge in [0.25, 0.3) is 0 Å². The summed E-state index contributed by atoms with van der Waals surface area (Å²) >= 11 is 0. The van der Waals surface area contributed by atoms with E-state index < -0.39 is 8.32 Å². The molecule has 2 N–H and O–H groups in total. The van der Waals surface area contributed by atoms with Gasteiger partial charge in [0.05, 0.1) is 0 Å². The zero-order valence-corrected chi connectivity index (χ0v) is 17.8. The zero-order chi connectivity index (χ0) is 18.2. The van der Waals surface area contributed by atoms with Crippen LogP contribution < -0.4 is 5.73 Å². The van der Waals surface area contributed by atoms with E-state index in [9.17, 15) is 0 Å². The Balaban J connectivity index is 1.54. The third-order valence-corrected chi connectivity index (χ3v) is 11.2. The lowest BCUT2D eigenvalue weighted by Crippen LogP contribution is -2.49. The van der Waals surface area contributed by atoms with Crippen LogP contribution in [-0.2, 0) is 17.3 Å². The average Bonchev–Trinajstić information content (AvgIpc) is 2.53. The van der Waals surface area contributed by atoms with Crippen LogP contribution in [0.4, 0.5) is 5.69 Å². The number of nitrogen functional groups attached to an aromatic ring is 1. The second kappa shape index (κ2) is 7.05. The first-order valence-electron chi connectivity index (χ1n) is 9.95. The minimum absolute atomic E-state index is 0.305. The fourth-order valence-corrected chi connectivity index (χ4v) is 5.44. The van der Waals surface area contributed by atoms with Gasteiger partial charge in [-0.1, -0.05) is 26.8 Å². The first kappa shape index (κ1) is 18.9. The fourth-order valence-electron chi connectivity index (χ4n) is 4.02. The Bertz CT molecular complexity index is 600. The van der Waals surface area contributed by atoms with Crippen molar-refractivity contribution in [2.45, 2.75) is 83.2 Å². The van der Waals surface area contributed by atoms with Crippen molar-refractivity contribution in [3.63, 3.8) is 0 Å². The lowest BCUT2D eigenvalue weighted by molar-refractivity contribution is 0.0630. The van der Waals surface area contributed by atoms with E-state index in [0.29, 0.717) is 17.2 Å². The lowest BCUT2D eigenvalue weighted by atomic mass is 9.86. The summed E-state index contributed by atoms with van der Waals surface area (Å²) in [7, 11) is -1.64. The maximum absolute atomic E-state index is 6.65. The van der Waals surface area contributed by atoms with Gasteiger partial charge in [0, 0.05) is 30.9 Å². The van der Waals surface area contributed by atoms with Crippen LogP contribution in [0.3, 0.4) is 0 Å². The van der Waals surface area contributed by atoms with Gasteiger partial charge in [-0.25, -0.2) is 0 Å². The molecule has 0 aromatic heterocycles. The van der Waals surface area contributed by atoms with E-state index in [-0.39, 0.29) is 0 Å². The third kappa shape index (κ3) is 4.29. The predicted molar refractivity (Wildman–Crippen MR) is 110 cm³/mol. The third-order valence-electron chi connectivity index (χ3n) is 6.69. The number of hydrogen-bond donors (Lipinski definition) is 1. The summed E-state index contributed by atoms with van der Waals surface area (Å²) in [5.74, 6) is 0. The van der Waals surface area contributed by atoms with Gasteiger partial charge in [0.2, 0.25) is 0 Å². The summed E-state index contributed by atoms with van der Waals surface area (Å²) in [5, 5.41) is 0.305. The molecule has 0 spiro atoms. The number of nitrogens with two attached hydrogens (primary N) is 1. The monoisotopic (exact) mass is 360 g/mol. The molecule has 0 bridgehead atoms. The highest BCUT2D eigenvalue weighted by atomic mass is 28.4. The molecule has 140 valence electrons. The van der Waals surface area contributed by atoms with Gasteiger partial charge in [0.15, 0.2) is 8.32 Å². The molecule has 1 aliphatic heterocycles. The Kier molecular flexibility index (Phi) is 5.34. The van der Waals surface area contributed by atoms with E-state index in [4.69, 9.17) is 10.2 Å².